The van der Waals surface area contributed by atoms with Crippen LogP contribution in [0.4, 0.5) is 0 Å². The lowest BCUT2D eigenvalue weighted by Gasteiger charge is -2.44. The maximum Gasteiger partial charge on any atom is 0.200 e. The van der Waals surface area contributed by atoms with E-state index in [4.69, 9.17) is 28.4 Å². The Morgan fingerprint density at radius 2 is 1.50 bits per heavy atom. The number of fused-ring (bicyclic) bond motifs is 1. The van der Waals surface area contributed by atoms with Crippen molar-refractivity contribution in [3.63, 3.8) is 0 Å². The highest BCUT2D eigenvalue weighted by Gasteiger charge is 2.48. The molecule has 1 fully saturated rings. The summed E-state index contributed by atoms with van der Waals surface area (Å²) in [5.74, 6) is -0.226. The van der Waals surface area contributed by atoms with E-state index in [2.05, 4.69) is 0 Å². The van der Waals surface area contributed by atoms with E-state index in [1.54, 1.807) is 6.07 Å². The molecule has 0 spiro atoms. The monoisotopic (exact) mass is 510 g/mol. The first kappa shape index (κ1) is 26.1. The average molecular weight is 510 g/mol. The van der Waals surface area contributed by atoms with Gasteiger partial charge in [-0.25, -0.2) is 0 Å². The van der Waals surface area contributed by atoms with Crippen LogP contribution in [0, 0.1) is 0 Å². The first-order chi connectivity index (χ1) is 17.1. The van der Waals surface area contributed by atoms with Gasteiger partial charge in [0.05, 0.1) is 33.0 Å². The van der Waals surface area contributed by atoms with Crippen LogP contribution in [0.25, 0.3) is 0 Å². The summed E-state index contributed by atoms with van der Waals surface area (Å²) in [5, 5.41) is 62.6. The van der Waals surface area contributed by atoms with E-state index in [0.29, 0.717) is 5.75 Å². The molecule has 1 saturated heterocycles. The zero-order valence-electron chi connectivity index (χ0n) is 20.1. The molecule has 0 radical (unpaired) electrons. The minimum absolute atomic E-state index is 0.0584. The molecule has 0 aliphatic carbocycles. The molecule has 2 heterocycles. The highest BCUT2D eigenvalue weighted by Crippen LogP contribution is 2.50. The highest BCUT2D eigenvalue weighted by atomic mass is 16.7. The fourth-order valence-corrected chi connectivity index (χ4v) is 4.40. The van der Waals surface area contributed by atoms with E-state index < -0.39 is 60.5 Å². The number of ether oxygens (including phenoxy) is 6. The van der Waals surface area contributed by atoms with E-state index in [-0.39, 0.29) is 28.4 Å². The third kappa shape index (κ3) is 4.47. The number of hydrogen-bond donors (Lipinski definition) is 6. The molecule has 8 unspecified atom stereocenters. The number of aromatic hydroxyl groups is 2. The summed E-state index contributed by atoms with van der Waals surface area (Å²) < 4.78 is 33.6. The van der Waals surface area contributed by atoms with Crippen LogP contribution in [-0.4, -0.2) is 88.8 Å². The fourth-order valence-electron chi connectivity index (χ4n) is 4.40. The molecule has 4 rings (SSSR count). The van der Waals surface area contributed by atoms with Gasteiger partial charge in [0.25, 0.3) is 0 Å². The van der Waals surface area contributed by atoms with Crippen LogP contribution in [-0.2, 0) is 9.47 Å². The third-order valence-corrected chi connectivity index (χ3v) is 6.42. The number of rotatable bonds is 6. The molecular weight excluding hydrogens is 480 g/mol. The van der Waals surface area contributed by atoms with Gasteiger partial charge >= 0.3 is 0 Å². The Kier molecular flexibility index (Phi) is 7.36. The Bertz CT molecular complexity index is 1090. The summed E-state index contributed by atoms with van der Waals surface area (Å²) in [6.07, 6.45) is -10.8. The molecule has 198 valence electrons. The van der Waals surface area contributed by atoms with Gasteiger partial charge in [-0.1, -0.05) is 0 Å². The molecule has 0 aromatic heterocycles. The van der Waals surface area contributed by atoms with Gasteiger partial charge in [-0.2, -0.15) is 0 Å². The van der Waals surface area contributed by atoms with E-state index in [1.807, 2.05) is 0 Å². The second kappa shape index (κ2) is 10.2. The first-order valence-electron chi connectivity index (χ1n) is 11.2. The van der Waals surface area contributed by atoms with Crippen LogP contribution < -0.4 is 18.9 Å². The average Bonchev–Trinajstić information content (AvgIpc) is 2.87. The van der Waals surface area contributed by atoms with Gasteiger partial charge in [-0.05, 0) is 19.1 Å². The number of phenolic OH excluding ortho intramolecular Hbond substituents is 2. The van der Waals surface area contributed by atoms with Gasteiger partial charge in [0.15, 0.2) is 23.9 Å². The van der Waals surface area contributed by atoms with Gasteiger partial charge in [-0.3, -0.25) is 0 Å². The van der Waals surface area contributed by atoms with Crippen molar-refractivity contribution in [2.24, 2.45) is 0 Å². The molecule has 12 nitrogen and oxygen atoms in total. The topological polar surface area (TPSA) is 177 Å². The Labute approximate surface area is 206 Å². The molecule has 2 aliphatic rings. The van der Waals surface area contributed by atoms with Gasteiger partial charge in [0.1, 0.15) is 47.8 Å². The largest absolute Gasteiger partial charge is 0.504 e. The van der Waals surface area contributed by atoms with Crippen molar-refractivity contribution in [3.8, 4) is 34.5 Å². The lowest BCUT2D eigenvalue weighted by Crippen LogP contribution is -2.58. The third-order valence-electron chi connectivity index (χ3n) is 6.42. The highest BCUT2D eigenvalue weighted by molar-refractivity contribution is 5.56. The van der Waals surface area contributed by atoms with E-state index in [0.717, 1.165) is 0 Å². The second-order valence-electron chi connectivity index (χ2n) is 8.60. The van der Waals surface area contributed by atoms with Crippen molar-refractivity contribution >= 4 is 0 Å². The zero-order chi connectivity index (χ0) is 26.3. The van der Waals surface area contributed by atoms with Crippen molar-refractivity contribution in [1.29, 1.82) is 0 Å². The Morgan fingerprint density at radius 3 is 2.14 bits per heavy atom. The lowest BCUT2D eigenvalue weighted by molar-refractivity contribution is -0.319. The molecule has 2 aromatic carbocycles. The summed E-state index contributed by atoms with van der Waals surface area (Å²) in [4.78, 5) is 0. The Hall–Kier alpha value is -3.00. The van der Waals surface area contributed by atoms with Crippen molar-refractivity contribution in [2.45, 2.75) is 55.9 Å². The Balaban J connectivity index is 1.81. The summed E-state index contributed by atoms with van der Waals surface area (Å²) in [6.45, 7) is 1.49. The maximum absolute atomic E-state index is 11.5. The first-order valence-corrected chi connectivity index (χ1v) is 11.2. The smallest absolute Gasteiger partial charge is 0.200 e. The standard InChI is InChI=1S/C24H30O12/c1-9-17(26)20(29)21(30)24(34-9)36-23-19(28)16-13(32-3)7-11(31-2)8-14(16)35-22(23)10-5-12(25)18(27)15(6-10)33-4/h5-9,17,19-30H,1-4H3. The minimum atomic E-state index is -1.65. The van der Waals surface area contributed by atoms with Crippen molar-refractivity contribution in [3.05, 3.63) is 35.4 Å². The van der Waals surface area contributed by atoms with Crippen LogP contribution in [0.2, 0.25) is 0 Å². The fraction of sp³-hybridized carbons (Fsp3) is 0.500. The van der Waals surface area contributed by atoms with Crippen LogP contribution in [0.15, 0.2) is 24.3 Å². The Morgan fingerprint density at radius 1 is 0.806 bits per heavy atom. The van der Waals surface area contributed by atoms with Crippen molar-refractivity contribution < 1.29 is 59.1 Å². The van der Waals surface area contributed by atoms with Crippen molar-refractivity contribution in [2.75, 3.05) is 21.3 Å². The number of aliphatic hydroxyl groups is 4. The minimum Gasteiger partial charge on any atom is -0.504 e. The molecule has 2 aliphatic heterocycles. The molecular formula is C24H30O12. The molecule has 36 heavy (non-hydrogen) atoms. The zero-order valence-corrected chi connectivity index (χ0v) is 20.1. The number of methoxy groups -OCH3 is 3. The summed E-state index contributed by atoms with van der Waals surface area (Å²) >= 11 is 0. The molecule has 0 saturated carbocycles. The van der Waals surface area contributed by atoms with Crippen LogP contribution in [0.5, 0.6) is 34.5 Å². The molecule has 12 heteroatoms. The normalized spacial score (nSPS) is 31.8. The second-order valence-corrected chi connectivity index (χ2v) is 8.60. The maximum atomic E-state index is 11.5. The molecule has 8 atom stereocenters. The van der Waals surface area contributed by atoms with Crippen LogP contribution >= 0.6 is 0 Å². The quantitative estimate of drug-likeness (QED) is 0.297. The summed E-state index contributed by atoms with van der Waals surface area (Å²) in [5.41, 5.74) is 0.478. The molecule has 2 aromatic rings. The predicted molar refractivity (Wildman–Crippen MR) is 121 cm³/mol. The van der Waals surface area contributed by atoms with E-state index in [9.17, 15) is 30.6 Å². The van der Waals surface area contributed by atoms with Gasteiger partial charge in [0.2, 0.25) is 5.75 Å². The van der Waals surface area contributed by atoms with Crippen LogP contribution in [0.3, 0.4) is 0 Å². The summed E-state index contributed by atoms with van der Waals surface area (Å²) in [7, 11) is 4.16. The van der Waals surface area contributed by atoms with E-state index >= 15 is 0 Å². The lowest BCUT2D eigenvalue weighted by atomic mass is 9.90. The van der Waals surface area contributed by atoms with Crippen molar-refractivity contribution in [1.82, 2.24) is 0 Å². The van der Waals surface area contributed by atoms with Gasteiger partial charge in [0, 0.05) is 17.7 Å². The van der Waals surface area contributed by atoms with Crippen LogP contribution in [0.1, 0.15) is 30.3 Å². The summed E-state index contributed by atoms with van der Waals surface area (Å²) in [6, 6.07) is 5.69. The predicted octanol–water partition coefficient (Wildman–Crippen LogP) is 0.503. The number of phenols is 2. The number of aliphatic hydroxyl groups excluding tert-OH is 4. The molecule has 0 amide bonds. The molecule has 0 bridgehead atoms. The number of hydrogen-bond acceptors (Lipinski definition) is 12. The van der Waals surface area contributed by atoms with Gasteiger partial charge < -0.3 is 59.1 Å². The SMILES string of the molecule is COc1cc(OC)c2c(c1)OC(c1cc(O)c(O)c(OC)c1)C(OC1OC(C)C(O)C(O)C1O)C2O. The van der Waals surface area contributed by atoms with Gasteiger partial charge in [-0.15, -0.1) is 0 Å². The van der Waals surface area contributed by atoms with E-state index in [1.165, 1.54) is 46.5 Å². The molecule has 6 N–H and O–H groups in total. The number of benzene rings is 2.